The van der Waals surface area contributed by atoms with E-state index in [0.717, 1.165) is 19.3 Å². The van der Waals surface area contributed by atoms with Crippen molar-refractivity contribution in [3.63, 3.8) is 0 Å². The van der Waals surface area contributed by atoms with Crippen LogP contribution in [0.3, 0.4) is 0 Å². The second-order valence-corrected chi connectivity index (χ2v) is 5.31. The molecular formula is C13H23N5O2. The zero-order valence-corrected chi connectivity index (χ0v) is 12.3. The summed E-state index contributed by atoms with van der Waals surface area (Å²) in [7, 11) is 1.75. The molecule has 0 saturated heterocycles. The first-order chi connectivity index (χ1) is 9.62. The van der Waals surface area contributed by atoms with Crippen LogP contribution in [0.15, 0.2) is 0 Å². The topological polar surface area (TPSA) is 92.2 Å². The van der Waals surface area contributed by atoms with Crippen LogP contribution in [0, 0.1) is 5.92 Å². The van der Waals surface area contributed by atoms with E-state index in [2.05, 4.69) is 25.6 Å². The monoisotopic (exact) mass is 281 g/mol. The maximum absolute atomic E-state index is 9.36. The average molecular weight is 281 g/mol. The molecule has 1 aromatic rings. The van der Waals surface area contributed by atoms with Crippen molar-refractivity contribution in [1.29, 1.82) is 0 Å². The van der Waals surface area contributed by atoms with Gasteiger partial charge in [-0.15, -0.1) is 0 Å². The highest BCUT2D eigenvalue weighted by molar-refractivity contribution is 5.36. The van der Waals surface area contributed by atoms with Gasteiger partial charge in [0.1, 0.15) is 0 Å². The van der Waals surface area contributed by atoms with Crippen LogP contribution in [0.2, 0.25) is 0 Å². The number of ether oxygens (including phenoxy) is 1. The summed E-state index contributed by atoms with van der Waals surface area (Å²) < 4.78 is 5.52. The second-order valence-electron chi connectivity index (χ2n) is 5.31. The van der Waals surface area contributed by atoms with Gasteiger partial charge in [0, 0.05) is 25.6 Å². The molecule has 1 aromatic heterocycles. The first kappa shape index (κ1) is 14.8. The molecule has 3 N–H and O–H groups in total. The van der Waals surface area contributed by atoms with Crippen molar-refractivity contribution < 1.29 is 9.84 Å². The predicted octanol–water partition coefficient (Wildman–Crippen LogP) is 1.27. The van der Waals surface area contributed by atoms with Crippen molar-refractivity contribution >= 4 is 11.9 Å². The Hall–Kier alpha value is -1.63. The zero-order chi connectivity index (χ0) is 14.5. The Morgan fingerprint density at radius 2 is 2.00 bits per heavy atom. The minimum Gasteiger partial charge on any atom is -0.461 e. The third-order valence-corrected chi connectivity index (χ3v) is 3.39. The Labute approximate surface area is 119 Å². The van der Waals surface area contributed by atoms with Crippen LogP contribution in [-0.2, 0) is 0 Å². The van der Waals surface area contributed by atoms with Crippen molar-refractivity contribution in [3.05, 3.63) is 0 Å². The lowest BCUT2D eigenvalue weighted by molar-refractivity contribution is 0.220. The molecule has 7 heteroatoms. The Bertz CT molecular complexity index is 441. The molecule has 1 aliphatic carbocycles. The number of nitrogens with zero attached hydrogens (tertiary/aromatic N) is 3. The van der Waals surface area contributed by atoms with E-state index in [1.807, 2.05) is 13.8 Å². The van der Waals surface area contributed by atoms with Gasteiger partial charge in [-0.1, -0.05) is 6.42 Å². The molecule has 0 aliphatic heterocycles. The zero-order valence-electron chi connectivity index (χ0n) is 12.3. The Morgan fingerprint density at radius 3 is 2.65 bits per heavy atom. The Morgan fingerprint density at radius 1 is 1.25 bits per heavy atom. The molecule has 2 unspecified atom stereocenters. The quantitative estimate of drug-likeness (QED) is 0.723. The van der Waals surface area contributed by atoms with E-state index in [0.29, 0.717) is 17.9 Å². The van der Waals surface area contributed by atoms with Crippen LogP contribution in [0.25, 0.3) is 0 Å². The van der Waals surface area contributed by atoms with Gasteiger partial charge in [0.15, 0.2) is 0 Å². The van der Waals surface area contributed by atoms with Crippen molar-refractivity contribution in [2.45, 2.75) is 45.3 Å². The molecular weight excluding hydrogens is 258 g/mol. The lowest BCUT2D eigenvalue weighted by atomic mass is 10.1. The fourth-order valence-electron chi connectivity index (χ4n) is 2.41. The summed E-state index contributed by atoms with van der Waals surface area (Å²) in [5.41, 5.74) is 0. The SMILES string of the molecule is CNc1nc(NC2CCCC2CO)nc(OC(C)C)n1. The number of anilines is 2. The molecule has 1 heterocycles. The smallest absolute Gasteiger partial charge is 0.323 e. The standard InChI is InChI=1S/C13H23N5O2/c1-8(2)20-13-17-11(14-3)16-12(18-13)15-10-6-4-5-9(10)7-19/h8-10,19H,4-7H2,1-3H3,(H2,14,15,16,17,18). The molecule has 2 rings (SSSR count). The first-order valence-electron chi connectivity index (χ1n) is 7.10. The largest absolute Gasteiger partial charge is 0.461 e. The minimum atomic E-state index is 0.00614. The summed E-state index contributed by atoms with van der Waals surface area (Å²) in [6.45, 7) is 4.04. The molecule has 20 heavy (non-hydrogen) atoms. The first-order valence-corrected chi connectivity index (χ1v) is 7.10. The normalized spacial score (nSPS) is 22.1. The summed E-state index contributed by atoms with van der Waals surface area (Å²) in [6, 6.07) is 0.513. The summed E-state index contributed by atoms with van der Waals surface area (Å²) in [6.07, 6.45) is 3.17. The summed E-state index contributed by atoms with van der Waals surface area (Å²) in [5, 5.41) is 15.5. The Kier molecular flexibility index (Phi) is 4.94. The lowest BCUT2D eigenvalue weighted by Gasteiger charge is -2.19. The van der Waals surface area contributed by atoms with E-state index in [1.165, 1.54) is 0 Å². The van der Waals surface area contributed by atoms with Gasteiger partial charge < -0.3 is 20.5 Å². The fourth-order valence-corrected chi connectivity index (χ4v) is 2.41. The molecule has 1 saturated carbocycles. The number of nitrogens with one attached hydrogen (secondary N) is 2. The average Bonchev–Trinajstić information content (AvgIpc) is 2.84. The van der Waals surface area contributed by atoms with Crippen LogP contribution in [-0.4, -0.2) is 45.9 Å². The van der Waals surface area contributed by atoms with Gasteiger partial charge >= 0.3 is 6.01 Å². The summed E-state index contributed by atoms with van der Waals surface area (Å²) >= 11 is 0. The van der Waals surface area contributed by atoms with Gasteiger partial charge in [-0.2, -0.15) is 15.0 Å². The van der Waals surface area contributed by atoms with Gasteiger partial charge in [-0.3, -0.25) is 0 Å². The highest BCUT2D eigenvalue weighted by atomic mass is 16.5. The van der Waals surface area contributed by atoms with Crippen molar-refractivity contribution in [3.8, 4) is 6.01 Å². The summed E-state index contributed by atoms with van der Waals surface area (Å²) in [4.78, 5) is 12.7. The van der Waals surface area contributed by atoms with E-state index in [4.69, 9.17) is 4.74 Å². The maximum Gasteiger partial charge on any atom is 0.323 e. The minimum absolute atomic E-state index is 0.00614. The molecule has 1 fully saturated rings. The number of rotatable bonds is 6. The molecule has 0 amide bonds. The van der Waals surface area contributed by atoms with Crippen molar-refractivity contribution in [1.82, 2.24) is 15.0 Å². The third kappa shape index (κ3) is 3.69. The van der Waals surface area contributed by atoms with Crippen LogP contribution in [0.1, 0.15) is 33.1 Å². The molecule has 0 aromatic carbocycles. The van der Waals surface area contributed by atoms with E-state index < -0.39 is 0 Å². The molecule has 0 spiro atoms. The molecule has 0 bridgehead atoms. The van der Waals surface area contributed by atoms with Crippen LogP contribution < -0.4 is 15.4 Å². The van der Waals surface area contributed by atoms with Crippen LogP contribution in [0.4, 0.5) is 11.9 Å². The van der Waals surface area contributed by atoms with Crippen molar-refractivity contribution in [2.75, 3.05) is 24.3 Å². The molecule has 2 atom stereocenters. The van der Waals surface area contributed by atoms with Gasteiger partial charge in [0.25, 0.3) is 0 Å². The predicted molar refractivity (Wildman–Crippen MR) is 77.0 cm³/mol. The highest BCUT2D eigenvalue weighted by Crippen LogP contribution is 2.27. The molecule has 1 aliphatic rings. The van der Waals surface area contributed by atoms with E-state index >= 15 is 0 Å². The second kappa shape index (κ2) is 6.69. The van der Waals surface area contributed by atoms with E-state index in [9.17, 15) is 5.11 Å². The van der Waals surface area contributed by atoms with Crippen LogP contribution >= 0.6 is 0 Å². The number of hydrogen-bond acceptors (Lipinski definition) is 7. The van der Waals surface area contributed by atoms with E-state index in [-0.39, 0.29) is 24.7 Å². The van der Waals surface area contributed by atoms with Crippen LogP contribution in [0.5, 0.6) is 6.01 Å². The van der Waals surface area contributed by atoms with E-state index in [1.54, 1.807) is 7.05 Å². The number of hydrogen-bond donors (Lipinski definition) is 3. The molecule has 7 nitrogen and oxygen atoms in total. The number of aromatic nitrogens is 3. The van der Waals surface area contributed by atoms with Gasteiger partial charge in [0.05, 0.1) is 6.10 Å². The molecule has 112 valence electrons. The van der Waals surface area contributed by atoms with Gasteiger partial charge in [0.2, 0.25) is 11.9 Å². The Balaban J connectivity index is 2.13. The van der Waals surface area contributed by atoms with Crippen molar-refractivity contribution in [2.24, 2.45) is 5.92 Å². The third-order valence-electron chi connectivity index (χ3n) is 3.39. The summed E-state index contributed by atoms with van der Waals surface area (Å²) in [5.74, 6) is 1.22. The number of aliphatic hydroxyl groups is 1. The van der Waals surface area contributed by atoms with Gasteiger partial charge in [-0.25, -0.2) is 0 Å². The maximum atomic E-state index is 9.36. The highest BCUT2D eigenvalue weighted by Gasteiger charge is 2.27. The fraction of sp³-hybridized carbons (Fsp3) is 0.769. The number of aliphatic hydroxyl groups excluding tert-OH is 1. The lowest BCUT2D eigenvalue weighted by Crippen LogP contribution is -2.27. The van der Waals surface area contributed by atoms with Gasteiger partial charge in [-0.05, 0) is 26.7 Å². The molecule has 0 radical (unpaired) electrons.